The molecular formula is C23H15F2N3O3S. The Hall–Kier alpha value is -3.85. The fourth-order valence-corrected chi connectivity index (χ4v) is 4.20. The summed E-state index contributed by atoms with van der Waals surface area (Å²) in [5.41, 5.74) is 0.775. The smallest absolute Gasteiger partial charge is 0.219 e. The molecule has 3 aromatic heterocycles. The molecule has 0 spiro atoms. The average Bonchev–Trinajstić information content (AvgIpc) is 3.41. The topological polar surface area (TPSA) is 83.8 Å². The number of hydrogen-bond acceptors (Lipinski definition) is 6. The highest BCUT2D eigenvalue weighted by molar-refractivity contribution is 7.99. The van der Waals surface area contributed by atoms with Crippen molar-refractivity contribution in [1.82, 2.24) is 14.4 Å². The molecule has 160 valence electrons. The zero-order valence-corrected chi connectivity index (χ0v) is 17.2. The summed E-state index contributed by atoms with van der Waals surface area (Å²) < 4.78 is 35.6. The predicted molar refractivity (Wildman–Crippen MR) is 114 cm³/mol. The molecule has 2 N–H and O–H groups in total. The lowest BCUT2D eigenvalue weighted by Gasteiger charge is -2.09. The highest BCUT2D eigenvalue weighted by Crippen LogP contribution is 2.36. The fourth-order valence-electron chi connectivity index (χ4n) is 3.30. The number of rotatable bonds is 5. The quantitative estimate of drug-likeness (QED) is 0.371. The van der Waals surface area contributed by atoms with E-state index in [9.17, 15) is 19.0 Å². The minimum absolute atomic E-state index is 0.0305. The van der Waals surface area contributed by atoms with Crippen molar-refractivity contribution in [3.8, 4) is 22.9 Å². The first kappa shape index (κ1) is 20.1. The molecule has 0 fully saturated rings. The molecule has 0 aliphatic heterocycles. The molecule has 6 nitrogen and oxygen atoms in total. The standard InChI is InChI=1S/C23H15F2N3O3S/c24-15-7-1-2-9-19(15)32-22-21-26-16(11-13-5-4-10-31-13)23(30)28(21)12-17(27-22)14-6-3-8-18(29)20(14)25/h1-10,12,29-30H,11H2. The van der Waals surface area contributed by atoms with Gasteiger partial charge >= 0.3 is 0 Å². The second-order valence-corrected chi connectivity index (χ2v) is 7.96. The van der Waals surface area contributed by atoms with E-state index in [4.69, 9.17) is 4.42 Å². The van der Waals surface area contributed by atoms with Crippen molar-refractivity contribution in [3.63, 3.8) is 0 Å². The minimum atomic E-state index is -0.850. The summed E-state index contributed by atoms with van der Waals surface area (Å²) in [4.78, 5) is 9.28. The third kappa shape index (κ3) is 3.56. The normalized spacial score (nSPS) is 11.3. The summed E-state index contributed by atoms with van der Waals surface area (Å²) in [5.74, 6) is -1.40. The first-order chi connectivity index (χ1) is 15.5. The first-order valence-corrected chi connectivity index (χ1v) is 10.4. The van der Waals surface area contributed by atoms with Crippen LogP contribution in [0.5, 0.6) is 11.6 Å². The Morgan fingerprint density at radius 1 is 0.969 bits per heavy atom. The van der Waals surface area contributed by atoms with Crippen molar-refractivity contribution in [2.75, 3.05) is 0 Å². The summed E-state index contributed by atoms with van der Waals surface area (Å²) >= 11 is 1.00. The van der Waals surface area contributed by atoms with E-state index in [2.05, 4.69) is 9.97 Å². The Morgan fingerprint density at radius 2 is 1.81 bits per heavy atom. The number of furan rings is 1. The highest BCUT2D eigenvalue weighted by Gasteiger charge is 2.21. The molecule has 0 saturated heterocycles. The van der Waals surface area contributed by atoms with Crippen molar-refractivity contribution in [2.45, 2.75) is 16.3 Å². The molecule has 0 aliphatic carbocycles. The van der Waals surface area contributed by atoms with E-state index >= 15 is 0 Å². The van der Waals surface area contributed by atoms with Crippen molar-refractivity contribution in [1.29, 1.82) is 0 Å². The number of aromatic nitrogens is 3. The summed E-state index contributed by atoms with van der Waals surface area (Å²) in [7, 11) is 0. The Kier molecular flexibility index (Phi) is 5.02. The number of nitrogens with zero attached hydrogens (tertiary/aromatic N) is 3. The number of benzene rings is 2. The molecule has 0 radical (unpaired) electrons. The fraction of sp³-hybridized carbons (Fsp3) is 0.0435. The summed E-state index contributed by atoms with van der Waals surface area (Å²) in [6.07, 6.45) is 3.17. The van der Waals surface area contributed by atoms with Crippen LogP contribution in [0.15, 0.2) is 81.4 Å². The lowest BCUT2D eigenvalue weighted by Crippen LogP contribution is -1.97. The summed E-state index contributed by atoms with van der Waals surface area (Å²) in [6.45, 7) is 0. The third-order valence-electron chi connectivity index (χ3n) is 4.84. The van der Waals surface area contributed by atoms with Gasteiger partial charge in [0, 0.05) is 16.7 Å². The lowest BCUT2D eigenvalue weighted by molar-refractivity contribution is 0.433. The van der Waals surface area contributed by atoms with E-state index in [-0.39, 0.29) is 34.2 Å². The van der Waals surface area contributed by atoms with Gasteiger partial charge in [0.2, 0.25) is 5.88 Å². The Morgan fingerprint density at radius 3 is 2.59 bits per heavy atom. The van der Waals surface area contributed by atoms with E-state index in [0.29, 0.717) is 16.3 Å². The van der Waals surface area contributed by atoms with Crippen molar-refractivity contribution < 1.29 is 23.4 Å². The van der Waals surface area contributed by atoms with Gasteiger partial charge in [-0.05, 0) is 36.4 Å². The first-order valence-electron chi connectivity index (χ1n) is 9.55. The Balaban J connectivity index is 1.71. The van der Waals surface area contributed by atoms with E-state index in [1.165, 1.54) is 41.1 Å². The van der Waals surface area contributed by atoms with Crippen LogP contribution in [0.2, 0.25) is 0 Å². The van der Waals surface area contributed by atoms with Gasteiger partial charge < -0.3 is 14.6 Å². The molecular weight excluding hydrogens is 436 g/mol. The number of fused-ring (bicyclic) bond motifs is 1. The van der Waals surface area contributed by atoms with Crippen LogP contribution in [-0.2, 0) is 6.42 Å². The number of hydrogen-bond donors (Lipinski definition) is 2. The predicted octanol–water partition coefficient (Wildman–Crippen LogP) is 5.42. The zero-order valence-electron chi connectivity index (χ0n) is 16.4. The van der Waals surface area contributed by atoms with Gasteiger partial charge in [0.05, 0.1) is 18.4 Å². The Labute approximate surface area is 184 Å². The molecule has 5 aromatic rings. The van der Waals surface area contributed by atoms with E-state index in [1.807, 2.05) is 0 Å². The van der Waals surface area contributed by atoms with E-state index in [0.717, 1.165) is 11.8 Å². The summed E-state index contributed by atoms with van der Waals surface area (Å²) in [5, 5.41) is 20.9. The molecule has 0 bridgehead atoms. The number of imidazole rings is 1. The van der Waals surface area contributed by atoms with Crippen LogP contribution >= 0.6 is 11.8 Å². The molecule has 32 heavy (non-hydrogen) atoms. The van der Waals surface area contributed by atoms with Crippen molar-refractivity contribution >= 4 is 17.4 Å². The van der Waals surface area contributed by atoms with Gasteiger partial charge in [0.25, 0.3) is 0 Å². The maximum Gasteiger partial charge on any atom is 0.219 e. The number of aromatic hydroxyl groups is 2. The maximum atomic E-state index is 14.6. The average molecular weight is 451 g/mol. The Bertz CT molecular complexity index is 1430. The van der Waals surface area contributed by atoms with Crippen molar-refractivity contribution in [2.24, 2.45) is 0 Å². The summed E-state index contributed by atoms with van der Waals surface area (Å²) in [6, 6.07) is 13.8. The number of phenolic OH excluding ortho intramolecular Hbond substituents is 1. The number of phenols is 1. The molecule has 0 atom stereocenters. The lowest BCUT2D eigenvalue weighted by atomic mass is 10.1. The van der Waals surface area contributed by atoms with Gasteiger partial charge in [-0.15, -0.1) is 0 Å². The van der Waals surface area contributed by atoms with Crippen LogP contribution in [0.3, 0.4) is 0 Å². The van der Waals surface area contributed by atoms with Crippen LogP contribution in [0.4, 0.5) is 8.78 Å². The molecule has 5 rings (SSSR count). The molecule has 0 aliphatic rings. The van der Waals surface area contributed by atoms with Gasteiger partial charge in [-0.25, -0.2) is 18.7 Å². The maximum absolute atomic E-state index is 14.6. The van der Waals surface area contributed by atoms with Gasteiger partial charge in [-0.1, -0.05) is 30.0 Å². The van der Waals surface area contributed by atoms with E-state index < -0.39 is 17.4 Å². The SMILES string of the molecule is Oc1cccc(-c2cn3c(O)c(Cc4ccco4)nc3c(Sc3ccccc3F)n2)c1F. The van der Waals surface area contributed by atoms with Crippen LogP contribution < -0.4 is 0 Å². The largest absolute Gasteiger partial charge is 0.505 e. The third-order valence-corrected chi connectivity index (χ3v) is 5.86. The molecule has 2 aromatic carbocycles. The van der Waals surface area contributed by atoms with Crippen LogP contribution in [0.1, 0.15) is 11.5 Å². The number of halogens is 2. The second-order valence-electron chi connectivity index (χ2n) is 6.93. The molecule has 0 saturated carbocycles. The molecule has 0 unspecified atom stereocenters. The van der Waals surface area contributed by atoms with Gasteiger partial charge in [0.1, 0.15) is 22.3 Å². The van der Waals surface area contributed by atoms with Crippen LogP contribution in [0, 0.1) is 11.6 Å². The highest BCUT2D eigenvalue weighted by atomic mass is 32.2. The monoisotopic (exact) mass is 451 g/mol. The van der Waals surface area contributed by atoms with Crippen LogP contribution in [-0.4, -0.2) is 24.6 Å². The van der Waals surface area contributed by atoms with E-state index in [1.54, 1.807) is 30.3 Å². The second kappa shape index (κ2) is 8.01. The minimum Gasteiger partial charge on any atom is -0.505 e. The van der Waals surface area contributed by atoms with Crippen molar-refractivity contribution in [3.05, 3.63) is 90.1 Å². The molecule has 0 amide bonds. The molecule has 9 heteroatoms. The van der Waals surface area contributed by atoms with Crippen LogP contribution in [0.25, 0.3) is 16.9 Å². The van der Waals surface area contributed by atoms with Gasteiger partial charge in [-0.2, -0.15) is 0 Å². The zero-order chi connectivity index (χ0) is 22.2. The van der Waals surface area contributed by atoms with Gasteiger partial charge in [0.15, 0.2) is 17.2 Å². The molecule has 3 heterocycles. The van der Waals surface area contributed by atoms with Gasteiger partial charge in [-0.3, -0.25) is 4.40 Å².